The smallest absolute Gasteiger partial charge is 0.236 e. The molecule has 24 heavy (non-hydrogen) atoms. The summed E-state index contributed by atoms with van der Waals surface area (Å²) in [5.74, 6) is 2.50. The van der Waals surface area contributed by atoms with Crippen LogP contribution in [-0.4, -0.2) is 24.0 Å². The van der Waals surface area contributed by atoms with E-state index in [1.165, 1.54) is 11.1 Å². The summed E-state index contributed by atoms with van der Waals surface area (Å²) in [7, 11) is 3.80. The summed E-state index contributed by atoms with van der Waals surface area (Å²) in [6, 6.07) is 10.3. The van der Waals surface area contributed by atoms with Gasteiger partial charge < -0.3 is 9.15 Å². The van der Waals surface area contributed by atoms with Gasteiger partial charge in [-0.2, -0.15) is 0 Å². The largest absolute Gasteiger partial charge is 0.496 e. The topological polar surface area (TPSA) is 38.5 Å². The average Bonchev–Trinajstić information content (AvgIpc) is 3.18. The lowest BCUT2D eigenvalue weighted by Crippen LogP contribution is -2.18. The van der Waals surface area contributed by atoms with E-state index < -0.39 is 0 Å². The van der Waals surface area contributed by atoms with Crippen molar-refractivity contribution in [3.63, 3.8) is 0 Å². The minimum atomic E-state index is 0.707. The molecule has 1 aromatic carbocycles. The number of thiophene rings is 1. The zero-order chi connectivity index (χ0) is 17.1. The Morgan fingerprint density at radius 1 is 1.21 bits per heavy atom. The van der Waals surface area contributed by atoms with E-state index in [4.69, 9.17) is 9.15 Å². The zero-order valence-electron chi connectivity index (χ0n) is 14.5. The maximum absolute atomic E-state index is 5.82. The van der Waals surface area contributed by atoms with Gasteiger partial charge in [-0.05, 0) is 38.4 Å². The summed E-state index contributed by atoms with van der Waals surface area (Å²) >= 11 is 1.64. The van der Waals surface area contributed by atoms with Gasteiger partial charge in [-0.15, -0.1) is 11.3 Å². The van der Waals surface area contributed by atoms with Gasteiger partial charge in [0.05, 0.1) is 17.7 Å². The molecule has 0 saturated heterocycles. The molecule has 0 saturated carbocycles. The molecule has 0 radical (unpaired) electrons. The van der Waals surface area contributed by atoms with Gasteiger partial charge in [0.2, 0.25) is 5.89 Å². The number of nitrogens with zero attached hydrogens (tertiary/aromatic N) is 2. The number of hydrogen-bond acceptors (Lipinski definition) is 5. The van der Waals surface area contributed by atoms with E-state index >= 15 is 0 Å². The van der Waals surface area contributed by atoms with Crippen LogP contribution in [0.5, 0.6) is 5.75 Å². The second-order valence-electron chi connectivity index (χ2n) is 5.99. The van der Waals surface area contributed by atoms with Crippen molar-refractivity contribution in [2.75, 3.05) is 14.2 Å². The molecule has 3 rings (SSSR count). The minimum absolute atomic E-state index is 0.707. The Morgan fingerprint density at radius 2 is 2.04 bits per heavy atom. The van der Waals surface area contributed by atoms with E-state index in [0.717, 1.165) is 35.2 Å². The van der Waals surface area contributed by atoms with E-state index in [2.05, 4.69) is 36.0 Å². The number of oxazole rings is 1. The highest BCUT2D eigenvalue weighted by Crippen LogP contribution is 2.27. The van der Waals surface area contributed by atoms with Gasteiger partial charge in [0, 0.05) is 18.7 Å². The highest BCUT2D eigenvalue weighted by atomic mass is 32.1. The molecule has 0 fully saturated rings. The second-order valence-corrected chi connectivity index (χ2v) is 6.93. The Labute approximate surface area is 146 Å². The minimum Gasteiger partial charge on any atom is -0.496 e. The molecule has 2 heterocycles. The monoisotopic (exact) mass is 342 g/mol. The van der Waals surface area contributed by atoms with Gasteiger partial charge in [0.1, 0.15) is 11.5 Å². The maximum atomic E-state index is 5.82. The van der Waals surface area contributed by atoms with Crippen molar-refractivity contribution in [1.82, 2.24) is 9.88 Å². The molecule has 0 atom stereocenters. The Bertz CT molecular complexity index is 809. The zero-order valence-corrected chi connectivity index (χ0v) is 15.3. The Balaban J connectivity index is 1.74. The summed E-state index contributed by atoms with van der Waals surface area (Å²) in [6.45, 7) is 5.60. The van der Waals surface area contributed by atoms with Crippen molar-refractivity contribution < 1.29 is 9.15 Å². The first-order valence-electron chi connectivity index (χ1n) is 7.89. The number of ether oxygens (including phenoxy) is 1. The molecule has 0 N–H and O–H groups in total. The fraction of sp³-hybridized carbons (Fsp3) is 0.316. The van der Waals surface area contributed by atoms with Crippen molar-refractivity contribution in [2.24, 2.45) is 0 Å². The van der Waals surface area contributed by atoms with E-state index in [9.17, 15) is 0 Å². The number of aryl methyl sites for hydroxylation is 2. The molecule has 0 bridgehead atoms. The van der Waals surface area contributed by atoms with Crippen LogP contribution in [0, 0.1) is 13.8 Å². The van der Waals surface area contributed by atoms with Gasteiger partial charge in [-0.3, -0.25) is 4.90 Å². The molecular formula is C19H22N2O2S. The molecule has 0 aliphatic carbocycles. The molecule has 3 aromatic rings. The highest BCUT2D eigenvalue weighted by Gasteiger charge is 2.15. The van der Waals surface area contributed by atoms with Crippen molar-refractivity contribution >= 4 is 11.3 Å². The van der Waals surface area contributed by atoms with Crippen LogP contribution in [0.25, 0.3) is 10.8 Å². The maximum Gasteiger partial charge on any atom is 0.236 e. The van der Waals surface area contributed by atoms with Crippen LogP contribution in [-0.2, 0) is 13.1 Å². The standard InChI is InChI=1S/C19H22N2O2S/c1-13-7-8-17(22-4)15(10-13)11-21(3)12-16-14(2)23-19(20-16)18-6-5-9-24-18/h5-10H,11-12H2,1-4H3. The molecule has 0 aliphatic heterocycles. The lowest BCUT2D eigenvalue weighted by molar-refractivity contribution is 0.305. The second kappa shape index (κ2) is 7.20. The molecule has 0 amide bonds. The summed E-state index contributed by atoms with van der Waals surface area (Å²) in [5.41, 5.74) is 3.39. The van der Waals surface area contributed by atoms with E-state index in [0.29, 0.717) is 5.89 Å². The van der Waals surface area contributed by atoms with Gasteiger partial charge in [0.15, 0.2) is 0 Å². The summed E-state index contributed by atoms with van der Waals surface area (Å²) < 4.78 is 11.3. The number of methoxy groups -OCH3 is 1. The van der Waals surface area contributed by atoms with Crippen molar-refractivity contribution in [3.8, 4) is 16.5 Å². The lowest BCUT2D eigenvalue weighted by Gasteiger charge is -2.18. The number of hydrogen-bond donors (Lipinski definition) is 0. The summed E-state index contributed by atoms with van der Waals surface area (Å²) in [4.78, 5) is 7.95. The Morgan fingerprint density at radius 3 is 2.75 bits per heavy atom. The van der Waals surface area contributed by atoms with Crippen LogP contribution in [0.2, 0.25) is 0 Å². The summed E-state index contributed by atoms with van der Waals surface area (Å²) in [5, 5.41) is 2.03. The molecular weight excluding hydrogens is 320 g/mol. The summed E-state index contributed by atoms with van der Waals surface area (Å²) in [6.07, 6.45) is 0. The first-order chi connectivity index (χ1) is 11.6. The van der Waals surface area contributed by atoms with Gasteiger partial charge >= 0.3 is 0 Å². The number of benzene rings is 1. The van der Waals surface area contributed by atoms with E-state index in [1.54, 1.807) is 18.4 Å². The molecule has 0 aliphatic rings. The average molecular weight is 342 g/mol. The molecule has 0 spiro atoms. The Hall–Kier alpha value is -2.11. The highest BCUT2D eigenvalue weighted by molar-refractivity contribution is 7.13. The predicted octanol–water partition coefficient (Wildman–Crippen LogP) is 4.66. The first kappa shape index (κ1) is 16.7. The van der Waals surface area contributed by atoms with Crippen LogP contribution >= 0.6 is 11.3 Å². The number of rotatable bonds is 6. The van der Waals surface area contributed by atoms with Crippen LogP contribution in [0.1, 0.15) is 22.6 Å². The van der Waals surface area contributed by atoms with Gasteiger partial charge in [0.25, 0.3) is 0 Å². The SMILES string of the molecule is COc1ccc(C)cc1CN(C)Cc1nc(-c2cccs2)oc1C. The van der Waals surface area contributed by atoms with E-state index in [1.807, 2.05) is 30.5 Å². The third-order valence-electron chi connectivity index (χ3n) is 3.92. The fourth-order valence-corrected chi connectivity index (χ4v) is 3.36. The number of aromatic nitrogens is 1. The van der Waals surface area contributed by atoms with Gasteiger partial charge in [-0.25, -0.2) is 4.98 Å². The molecule has 5 heteroatoms. The normalized spacial score (nSPS) is 11.2. The van der Waals surface area contributed by atoms with Crippen LogP contribution in [0.15, 0.2) is 40.1 Å². The molecule has 126 valence electrons. The predicted molar refractivity (Wildman–Crippen MR) is 97.5 cm³/mol. The first-order valence-corrected chi connectivity index (χ1v) is 8.77. The van der Waals surface area contributed by atoms with Crippen LogP contribution in [0.3, 0.4) is 0 Å². The van der Waals surface area contributed by atoms with Crippen molar-refractivity contribution in [2.45, 2.75) is 26.9 Å². The van der Waals surface area contributed by atoms with Crippen molar-refractivity contribution in [3.05, 3.63) is 58.3 Å². The van der Waals surface area contributed by atoms with E-state index in [-0.39, 0.29) is 0 Å². The third-order valence-corrected chi connectivity index (χ3v) is 4.78. The van der Waals surface area contributed by atoms with Gasteiger partial charge in [-0.1, -0.05) is 23.8 Å². The lowest BCUT2D eigenvalue weighted by atomic mass is 10.1. The molecule has 2 aromatic heterocycles. The fourth-order valence-electron chi connectivity index (χ4n) is 2.71. The quantitative estimate of drug-likeness (QED) is 0.653. The molecule has 0 unspecified atom stereocenters. The van der Waals surface area contributed by atoms with Crippen LogP contribution < -0.4 is 4.74 Å². The third kappa shape index (κ3) is 3.68. The van der Waals surface area contributed by atoms with Crippen LogP contribution in [0.4, 0.5) is 0 Å². The molecule has 4 nitrogen and oxygen atoms in total. The Kier molecular flexibility index (Phi) is 5.02. The van der Waals surface area contributed by atoms with Crippen molar-refractivity contribution in [1.29, 1.82) is 0 Å².